The van der Waals surface area contributed by atoms with Gasteiger partial charge in [0.1, 0.15) is 0 Å². The standard InChI is InChI=1S/C28H38N2O3/c1-3-4-7-20(2)26(31)11-10-24-25-17-22(16-23(25)18-27(24)32)8-5-6-9-28(33)30-19-21-12-14-29-15-13-21/h10-16,20,23-27,31-32H,5-9,17-19H2,1-2H3,(H,30,33)/b11-10+/t20-,23-,24+,25-,26+,27+/m0/s1. The number of aliphatic hydroxyl groups is 2. The number of nitrogens with one attached hydrogen (secondary N) is 1. The van der Waals surface area contributed by atoms with Crippen molar-refractivity contribution in [3.63, 3.8) is 0 Å². The molecule has 0 bridgehead atoms. The lowest BCUT2D eigenvalue weighted by Gasteiger charge is -2.20. The highest BCUT2D eigenvalue weighted by Gasteiger charge is 2.43. The second-order valence-electron chi connectivity index (χ2n) is 9.56. The topological polar surface area (TPSA) is 82.5 Å². The highest BCUT2D eigenvalue weighted by Crippen LogP contribution is 2.48. The second-order valence-corrected chi connectivity index (χ2v) is 9.56. The number of rotatable bonds is 11. The monoisotopic (exact) mass is 450 g/mol. The Morgan fingerprint density at radius 1 is 1.33 bits per heavy atom. The van der Waals surface area contributed by atoms with Crippen LogP contribution in [0.4, 0.5) is 0 Å². The Morgan fingerprint density at radius 3 is 2.88 bits per heavy atom. The van der Waals surface area contributed by atoms with E-state index in [0.717, 1.165) is 37.7 Å². The number of hydrogen-bond acceptors (Lipinski definition) is 4. The Balaban J connectivity index is 1.37. The van der Waals surface area contributed by atoms with Crippen molar-refractivity contribution in [1.82, 2.24) is 10.3 Å². The van der Waals surface area contributed by atoms with Gasteiger partial charge in [0.2, 0.25) is 5.91 Å². The Morgan fingerprint density at radius 2 is 2.12 bits per heavy atom. The largest absolute Gasteiger partial charge is 0.392 e. The number of carbonyl (C=O) groups is 1. The van der Waals surface area contributed by atoms with Crippen LogP contribution in [0.25, 0.3) is 0 Å². The molecule has 33 heavy (non-hydrogen) atoms. The summed E-state index contributed by atoms with van der Waals surface area (Å²) in [5.74, 6) is 7.03. The maximum atomic E-state index is 12.1. The highest BCUT2D eigenvalue weighted by atomic mass is 16.3. The molecule has 0 radical (unpaired) electrons. The number of aromatic nitrogens is 1. The maximum Gasteiger partial charge on any atom is 0.220 e. The van der Waals surface area contributed by atoms with Crippen molar-refractivity contribution in [1.29, 1.82) is 0 Å². The molecular formula is C28H38N2O3. The van der Waals surface area contributed by atoms with Gasteiger partial charge in [-0.3, -0.25) is 9.78 Å². The van der Waals surface area contributed by atoms with Crippen molar-refractivity contribution in [3.8, 4) is 11.8 Å². The van der Waals surface area contributed by atoms with Gasteiger partial charge in [-0.15, -0.1) is 11.8 Å². The summed E-state index contributed by atoms with van der Waals surface area (Å²) in [7, 11) is 0. The van der Waals surface area contributed by atoms with E-state index in [1.54, 1.807) is 12.4 Å². The van der Waals surface area contributed by atoms with Gasteiger partial charge in [-0.2, -0.15) is 0 Å². The summed E-state index contributed by atoms with van der Waals surface area (Å²) in [6.07, 6.45) is 14.8. The Hall–Kier alpha value is -2.42. The molecule has 0 saturated heterocycles. The highest BCUT2D eigenvalue weighted by molar-refractivity contribution is 5.75. The number of allylic oxidation sites excluding steroid dienone is 2. The van der Waals surface area contributed by atoms with Gasteiger partial charge in [0, 0.05) is 37.7 Å². The van der Waals surface area contributed by atoms with Gasteiger partial charge in [0.05, 0.1) is 12.2 Å². The quantitative estimate of drug-likeness (QED) is 0.268. The van der Waals surface area contributed by atoms with E-state index in [4.69, 9.17) is 0 Å². The van der Waals surface area contributed by atoms with Crippen LogP contribution in [-0.4, -0.2) is 33.3 Å². The Kier molecular flexibility index (Phi) is 9.72. The van der Waals surface area contributed by atoms with Crippen LogP contribution in [0.2, 0.25) is 0 Å². The van der Waals surface area contributed by atoms with Crippen LogP contribution in [-0.2, 0) is 11.3 Å². The number of fused-ring (bicyclic) bond motifs is 1. The molecule has 0 unspecified atom stereocenters. The molecule has 0 aromatic carbocycles. The molecule has 1 amide bonds. The maximum absolute atomic E-state index is 12.1. The van der Waals surface area contributed by atoms with Crippen molar-refractivity contribution in [2.24, 2.45) is 23.7 Å². The fourth-order valence-electron chi connectivity index (χ4n) is 5.03. The summed E-state index contributed by atoms with van der Waals surface area (Å²) < 4.78 is 0. The molecule has 1 aromatic rings. The molecular weight excluding hydrogens is 412 g/mol. The van der Waals surface area contributed by atoms with Crippen molar-refractivity contribution in [3.05, 3.63) is 53.9 Å². The van der Waals surface area contributed by atoms with E-state index in [-0.39, 0.29) is 23.8 Å². The van der Waals surface area contributed by atoms with Crippen molar-refractivity contribution < 1.29 is 15.0 Å². The lowest BCUT2D eigenvalue weighted by Crippen LogP contribution is -2.22. The molecule has 178 valence electrons. The molecule has 0 aliphatic heterocycles. The van der Waals surface area contributed by atoms with E-state index in [1.165, 1.54) is 5.57 Å². The first-order chi connectivity index (χ1) is 16.0. The van der Waals surface area contributed by atoms with Gasteiger partial charge in [0.15, 0.2) is 0 Å². The zero-order valence-corrected chi connectivity index (χ0v) is 19.9. The molecule has 5 nitrogen and oxygen atoms in total. The summed E-state index contributed by atoms with van der Waals surface area (Å²) in [6, 6.07) is 3.82. The first kappa shape index (κ1) is 25.2. The number of pyridine rings is 1. The van der Waals surface area contributed by atoms with Crippen LogP contribution in [0.3, 0.4) is 0 Å². The predicted molar refractivity (Wildman–Crippen MR) is 131 cm³/mol. The van der Waals surface area contributed by atoms with E-state index < -0.39 is 6.10 Å². The lowest BCUT2D eigenvalue weighted by molar-refractivity contribution is -0.121. The predicted octanol–water partition coefficient (Wildman–Crippen LogP) is 4.17. The normalized spacial score (nSPS) is 25.8. The molecule has 1 fully saturated rings. The summed E-state index contributed by atoms with van der Waals surface area (Å²) >= 11 is 0. The van der Waals surface area contributed by atoms with Crippen LogP contribution >= 0.6 is 0 Å². The van der Waals surface area contributed by atoms with Crippen LogP contribution in [0.1, 0.15) is 64.4 Å². The Labute approximate surface area is 198 Å². The van der Waals surface area contributed by atoms with Crippen LogP contribution < -0.4 is 5.32 Å². The fraction of sp³-hybridized carbons (Fsp3) is 0.571. The third kappa shape index (κ3) is 7.55. The summed E-state index contributed by atoms with van der Waals surface area (Å²) in [5, 5.41) is 23.9. The average molecular weight is 451 g/mol. The van der Waals surface area contributed by atoms with Gasteiger partial charge in [-0.25, -0.2) is 0 Å². The number of hydrogen-bond donors (Lipinski definition) is 3. The van der Waals surface area contributed by atoms with E-state index >= 15 is 0 Å². The Bertz CT molecular complexity index is 883. The smallest absolute Gasteiger partial charge is 0.220 e. The van der Waals surface area contributed by atoms with Gasteiger partial charge >= 0.3 is 0 Å². The van der Waals surface area contributed by atoms with Crippen molar-refractivity contribution in [2.75, 3.05) is 0 Å². The number of carbonyl (C=O) groups excluding carboxylic acids is 1. The first-order valence-electron chi connectivity index (χ1n) is 12.3. The van der Waals surface area contributed by atoms with Crippen LogP contribution in [0, 0.1) is 35.5 Å². The molecule has 5 heteroatoms. The van der Waals surface area contributed by atoms with Gasteiger partial charge in [-0.1, -0.05) is 30.7 Å². The summed E-state index contributed by atoms with van der Waals surface area (Å²) in [4.78, 5) is 16.1. The first-order valence-corrected chi connectivity index (χ1v) is 12.3. The SMILES string of the molecule is CC#CC[C@H](C)[C@H](O)/C=C/[C@@H]1[C@H]2CC(CCCCC(=O)NCc3ccncc3)=C[C@H]2C[C@H]1O. The molecule has 3 rings (SSSR count). The molecule has 2 aliphatic carbocycles. The minimum Gasteiger partial charge on any atom is -0.392 e. The van der Waals surface area contributed by atoms with Gasteiger partial charge < -0.3 is 15.5 Å². The van der Waals surface area contributed by atoms with Crippen LogP contribution in [0.5, 0.6) is 0 Å². The molecule has 6 atom stereocenters. The summed E-state index contributed by atoms with van der Waals surface area (Å²) in [5.41, 5.74) is 2.52. The zero-order chi connectivity index (χ0) is 23.6. The molecule has 2 aliphatic rings. The number of nitrogens with zero attached hydrogens (tertiary/aromatic N) is 1. The van der Waals surface area contributed by atoms with Crippen molar-refractivity contribution in [2.45, 2.75) is 77.5 Å². The van der Waals surface area contributed by atoms with Crippen LogP contribution in [0.15, 0.2) is 48.3 Å². The molecule has 0 spiro atoms. The van der Waals surface area contributed by atoms with Gasteiger partial charge in [-0.05, 0) is 74.5 Å². The number of amides is 1. The van der Waals surface area contributed by atoms with E-state index in [2.05, 4.69) is 28.2 Å². The van der Waals surface area contributed by atoms with Gasteiger partial charge in [0.25, 0.3) is 0 Å². The zero-order valence-electron chi connectivity index (χ0n) is 19.9. The lowest BCUT2D eigenvalue weighted by atomic mass is 9.88. The third-order valence-corrected chi connectivity index (χ3v) is 7.06. The third-order valence-electron chi connectivity index (χ3n) is 7.06. The molecule has 1 heterocycles. The van der Waals surface area contributed by atoms with Crippen molar-refractivity contribution >= 4 is 5.91 Å². The molecule has 1 saturated carbocycles. The summed E-state index contributed by atoms with van der Waals surface area (Å²) in [6.45, 7) is 4.36. The van der Waals surface area contributed by atoms with E-state index in [0.29, 0.717) is 31.2 Å². The molecule has 1 aromatic heterocycles. The number of unbranched alkanes of at least 4 members (excludes halogenated alkanes) is 1. The average Bonchev–Trinajstić information content (AvgIpc) is 3.34. The second kappa shape index (κ2) is 12.7. The molecule has 3 N–H and O–H groups in total. The number of aliphatic hydroxyl groups excluding tert-OH is 2. The van der Waals surface area contributed by atoms with E-state index in [9.17, 15) is 15.0 Å². The van der Waals surface area contributed by atoms with E-state index in [1.807, 2.05) is 38.1 Å². The minimum absolute atomic E-state index is 0.0854. The minimum atomic E-state index is -0.532. The fourth-order valence-corrected chi connectivity index (χ4v) is 5.03.